The van der Waals surface area contributed by atoms with Crippen molar-refractivity contribution in [2.75, 3.05) is 7.11 Å². The molecule has 3 rings (SSSR count). The van der Waals surface area contributed by atoms with Crippen LogP contribution in [-0.4, -0.2) is 15.5 Å². The van der Waals surface area contributed by atoms with Crippen LogP contribution in [0.1, 0.15) is 18.5 Å². The van der Waals surface area contributed by atoms with E-state index in [1.54, 1.807) is 6.07 Å². The van der Waals surface area contributed by atoms with Gasteiger partial charge in [-0.15, -0.1) is 0 Å². The minimum atomic E-state index is -3.98. The van der Waals surface area contributed by atoms with E-state index < -0.39 is 33.5 Å². The molecule has 0 spiro atoms. The van der Waals surface area contributed by atoms with E-state index in [0.29, 0.717) is 11.8 Å². The molecule has 1 unspecified atom stereocenters. The van der Waals surface area contributed by atoms with Crippen LogP contribution >= 0.6 is 0 Å². The SMILES string of the molecule is COc1cccc(S(=O)(=O)NC(C)c2cc(F)ccc2-c2ccc(F)cc2F)c1. The molecule has 3 aromatic rings. The molecule has 0 amide bonds. The monoisotopic (exact) mass is 421 g/mol. The molecule has 0 fully saturated rings. The summed E-state index contributed by atoms with van der Waals surface area (Å²) in [7, 11) is -2.56. The quantitative estimate of drug-likeness (QED) is 0.621. The fourth-order valence-electron chi connectivity index (χ4n) is 2.98. The van der Waals surface area contributed by atoms with Crippen molar-refractivity contribution in [2.45, 2.75) is 17.9 Å². The van der Waals surface area contributed by atoms with Gasteiger partial charge in [-0.05, 0) is 54.4 Å². The molecular formula is C21H18F3NO3S. The van der Waals surface area contributed by atoms with Crippen LogP contribution in [-0.2, 0) is 10.0 Å². The van der Waals surface area contributed by atoms with Gasteiger partial charge in [0.05, 0.1) is 12.0 Å². The third-order valence-electron chi connectivity index (χ3n) is 4.38. The first-order valence-corrected chi connectivity index (χ1v) is 10.1. The highest BCUT2D eigenvalue weighted by Gasteiger charge is 2.22. The zero-order valence-electron chi connectivity index (χ0n) is 15.6. The van der Waals surface area contributed by atoms with E-state index in [1.165, 1.54) is 44.4 Å². The maximum Gasteiger partial charge on any atom is 0.241 e. The molecule has 0 radical (unpaired) electrons. The van der Waals surface area contributed by atoms with Crippen molar-refractivity contribution in [3.05, 3.63) is 83.7 Å². The van der Waals surface area contributed by atoms with Gasteiger partial charge in [0.15, 0.2) is 0 Å². The standard InChI is InChI=1S/C21H18F3NO3S/c1-13(25-29(26,27)17-5-3-4-16(12-17)28-2)20-10-14(22)6-8-18(20)19-9-7-15(23)11-21(19)24/h3-13,25H,1-2H3. The molecule has 152 valence electrons. The van der Waals surface area contributed by atoms with Crippen LogP contribution in [0.15, 0.2) is 65.6 Å². The summed E-state index contributed by atoms with van der Waals surface area (Å²) in [6.45, 7) is 1.51. The van der Waals surface area contributed by atoms with E-state index in [2.05, 4.69) is 4.72 Å². The summed E-state index contributed by atoms with van der Waals surface area (Å²) in [6, 6.07) is 11.6. The van der Waals surface area contributed by atoms with Gasteiger partial charge < -0.3 is 4.74 Å². The molecule has 0 bridgehead atoms. The van der Waals surface area contributed by atoms with Gasteiger partial charge in [0.2, 0.25) is 10.0 Å². The van der Waals surface area contributed by atoms with Crippen molar-refractivity contribution in [2.24, 2.45) is 0 Å². The van der Waals surface area contributed by atoms with Crippen LogP contribution in [0.5, 0.6) is 5.75 Å². The molecule has 0 saturated heterocycles. The molecule has 0 aromatic heterocycles. The van der Waals surface area contributed by atoms with E-state index in [9.17, 15) is 21.6 Å². The zero-order valence-corrected chi connectivity index (χ0v) is 16.4. The van der Waals surface area contributed by atoms with Crippen molar-refractivity contribution in [1.29, 1.82) is 0 Å². The molecule has 3 aromatic carbocycles. The largest absolute Gasteiger partial charge is 0.497 e. The fraction of sp³-hybridized carbons (Fsp3) is 0.143. The molecule has 0 aliphatic heterocycles. The lowest BCUT2D eigenvalue weighted by Crippen LogP contribution is -2.27. The smallest absolute Gasteiger partial charge is 0.241 e. The predicted molar refractivity (Wildman–Crippen MR) is 103 cm³/mol. The Labute approximate surface area is 167 Å². The van der Waals surface area contributed by atoms with Crippen LogP contribution in [0.25, 0.3) is 11.1 Å². The molecule has 1 atom stereocenters. The van der Waals surface area contributed by atoms with E-state index in [1.807, 2.05) is 0 Å². The van der Waals surface area contributed by atoms with Crippen LogP contribution in [0, 0.1) is 17.5 Å². The third kappa shape index (κ3) is 4.60. The molecule has 8 heteroatoms. The molecule has 1 N–H and O–H groups in total. The number of nitrogens with one attached hydrogen (secondary N) is 1. The van der Waals surface area contributed by atoms with Gasteiger partial charge in [0.1, 0.15) is 23.2 Å². The van der Waals surface area contributed by atoms with E-state index in [4.69, 9.17) is 4.74 Å². The summed E-state index contributed by atoms with van der Waals surface area (Å²) >= 11 is 0. The van der Waals surface area contributed by atoms with Crippen LogP contribution in [0.2, 0.25) is 0 Å². The highest BCUT2D eigenvalue weighted by molar-refractivity contribution is 7.89. The lowest BCUT2D eigenvalue weighted by atomic mass is 9.95. The maximum absolute atomic E-state index is 14.3. The van der Waals surface area contributed by atoms with Gasteiger partial charge in [-0.1, -0.05) is 12.1 Å². The highest BCUT2D eigenvalue weighted by atomic mass is 32.2. The first-order chi connectivity index (χ1) is 13.7. The minimum absolute atomic E-state index is 0.0328. The summed E-state index contributed by atoms with van der Waals surface area (Å²) in [4.78, 5) is -0.0328. The van der Waals surface area contributed by atoms with E-state index in [0.717, 1.165) is 18.2 Å². The second-order valence-corrected chi connectivity index (χ2v) is 8.09. The van der Waals surface area contributed by atoms with Gasteiger partial charge in [-0.2, -0.15) is 0 Å². The van der Waals surface area contributed by atoms with Crippen LogP contribution in [0.3, 0.4) is 0 Å². The number of hydrogen-bond donors (Lipinski definition) is 1. The van der Waals surface area contributed by atoms with Crippen molar-refractivity contribution in [1.82, 2.24) is 4.72 Å². The molecule has 0 aliphatic rings. The van der Waals surface area contributed by atoms with Crippen molar-refractivity contribution in [3.8, 4) is 16.9 Å². The molecular weight excluding hydrogens is 403 g/mol. The van der Waals surface area contributed by atoms with Crippen molar-refractivity contribution in [3.63, 3.8) is 0 Å². The average Bonchev–Trinajstić information content (AvgIpc) is 2.68. The number of rotatable bonds is 6. The number of halogens is 3. The Bertz CT molecular complexity index is 1150. The van der Waals surface area contributed by atoms with Gasteiger partial charge in [-0.25, -0.2) is 26.3 Å². The highest BCUT2D eigenvalue weighted by Crippen LogP contribution is 2.32. The van der Waals surface area contributed by atoms with Gasteiger partial charge in [0.25, 0.3) is 0 Å². The second-order valence-electron chi connectivity index (χ2n) is 6.38. The Kier molecular flexibility index (Phi) is 5.95. The normalized spacial score (nSPS) is 12.6. The Balaban J connectivity index is 2.00. The zero-order chi connectivity index (χ0) is 21.2. The van der Waals surface area contributed by atoms with Crippen molar-refractivity contribution < 1.29 is 26.3 Å². The number of methoxy groups -OCH3 is 1. The summed E-state index contributed by atoms with van der Waals surface area (Å²) in [5.41, 5.74) is 0.501. The molecule has 0 aliphatic carbocycles. The van der Waals surface area contributed by atoms with Gasteiger partial charge >= 0.3 is 0 Å². The Morgan fingerprint density at radius 3 is 2.21 bits per heavy atom. The molecule has 29 heavy (non-hydrogen) atoms. The fourth-order valence-corrected chi connectivity index (χ4v) is 4.24. The van der Waals surface area contributed by atoms with Gasteiger partial charge in [0, 0.05) is 23.7 Å². The second kappa shape index (κ2) is 8.26. The van der Waals surface area contributed by atoms with Crippen molar-refractivity contribution >= 4 is 10.0 Å². The number of hydrogen-bond acceptors (Lipinski definition) is 3. The summed E-state index contributed by atoms with van der Waals surface area (Å²) in [5, 5.41) is 0. The lowest BCUT2D eigenvalue weighted by molar-refractivity contribution is 0.413. The Hall–Kier alpha value is -2.84. The number of benzene rings is 3. The summed E-state index contributed by atoms with van der Waals surface area (Å²) in [6.07, 6.45) is 0. The number of ether oxygens (including phenoxy) is 1. The average molecular weight is 421 g/mol. The lowest BCUT2D eigenvalue weighted by Gasteiger charge is -2.19. The maximum atomic E-state index is 14.3. The van der Waals surface area contributed by atoms with E-state index in [-0.39, 0.29) is 21.6 Å². The topological polar surface area (TPSA) is 55.4 Å². The van der Waals surface area contributed by atoms with Crippen LogP contribution < -0.4 is 9.46 Å². The summed E-state index contributed by atoms with van der Waals surface area (Å²) in [5.74, 6) is -1.83. The minimum Gasteiger partial charge on any atom is -0.497 e. The van der Waals surface area contributed by atoms with Gasteiger partial charge in [-0.3, -0.25) is 0 Å². The summed E-state index contributed by atoms with van der Waals surface area (Å²) < 4.78 is 74.4. The van der Waals surface area contributed by atoms with E-state index >= 15 is 0 Å². The van der Waals surface area contributed by atoms with Crippen LogP contribution in [0.4, 0.5) is 13.2 Å². The first kappa shape index (κ1) is 20.9. The Morgan fingerprint density at radius 2 is 1.55 bits per heavy atom. The number of sulfonamides is 1. The predicted octanol–water partition coefficient (Wildman–Crippen LogP) is 4.82. The molecule has 4 nitrogen and oxygen atoms in total. The third-order valence-corrected chi connectivity index (χ3v) is 5.92. The Morgan fingerprint density at radius 1 is 0.897 bits per heavy atom. The molecule has 0 saturated carbocycles. The molecule has 0 heterocycles. The first-order valence-electron chi connectivity index (χ1n) is 8.62.